The SMILES string of the molecule is CCCNc1cccc(Cn2cc(Cl)c(=O)[nH]c2=O)n1. The molecule has 106 valence electrons. The Hall–Kier alpha value is -2.08. The van der Waals surface area contributed by atoms with E-state index in [1.54, 1.807) is 0 Å². The summed E-state index contributed by atoms with van der Waals surface area (Å²) in [7, 11) is 0. The molecule has 0 spiro atoms. The van der Waals surface area contributed by atoms with E-state index in [2.05, 4.69) is 22.2 Å². The Morgan fingerprint density at radius 1 is 1.40 bits per heavy atom. The summed E-state index contributed by atoms with van der Waals surface area (Å²) in [5.41, 5.74) is -0.385. The average molecular weight is 295 g/mol. The van der Waals surface area contributed by atoms with Gasteiger partial charge in [0, 0.05) is 12.7 Å². The summed E-state index contributed by atoms with van der Waals surface area (Å²) in [5, 5.41) is 3.15. The molecule has 2 N–H and O–H groups in total. The van der Waals surface area contributed by atoms with Crippen molar-refractivity contribution in [2.75, 3.05) is 11.9 Å². The fourth-order valence-corrected chi connectivity index (χ4v) is 1.86. The van der Waals surface area contributed by atoms with Gasteiger partial charge in [-0.2, -0.15) is 0 Å². The van der Waals surface area contributed by atoms with Crippen molar-refractivity contribution in [1.29, 1.82) is 0 Å². The third kappa shape index (κ3) is 3.48. The number of pyridine rings is 1. The molecule has 6 nitrogen and oxygen atoms in total. The minimum Gasteiger partial charge on any atom is -0.370 e. The van der Waals surface area contributed by atoms with Gasteiger partial charge in [-0.1, -0.05) is 24.6 Å². The normalized spacial score (nSPS) is 10.5. The zero-order valence-electron chi connectivity index (χ0n) is 11.0. The van der Waals surface area contributed by atoms with Crippen molar-refractivity contribution in [3.63, 3.8) is 0 Å². The van der Waals surface area contributed by atoms with Crippen LogP contribution in [0.5, 0.6) is 0 Å². The van der Waals surface area contributed by atoms with Gasteiger partial charge in [0.25, 0.3) is 5.56 Å². The molecular formula is C13H15ClN4O2. The first-order valence-electron chi connectivity index (χ1n) is 6.29. The second-order valence-electron chi connectivity index (χ2n) is 4.31. The number of aromatic amines is 1. The number of nitrogens with one attached hydrogen (secondary N) is 2. The quantitative estimate of drug-likeness (QED) is 0.875. The summed E-state index contributed by atoms with van der Waals surface area (Å²) >= 11 is 5.72. The van der Waals surface area contributed by atoms with Gasteiger partial charge in [0.15, 0.2) is 0 Å². The van der Waals surface area contributed by atoms with Crippen molar-refractivity contribution in [3.05, 3.63) is 56.0 Å². The maximum absolute atomic E-state index is 11.7. The maximum atomic E-state index is 11.7. The molecule has 0 saturated heterocycles. The molecule has 7 heteroatoms. The summed E-state index contributed by atoms with van der Waals surface area (Å²) in [6, 6.07) is 5.53. The summed E-state index contributed by atoms with van der Waals surface area (Å²) in [6.07, 6.45) is 2.32. The highest BCUT2D eigenvalue weighted by Gasteiger charge is 2.04. The molecule has 0 saturated carbocycles. The maximum Gasteiger partial charge on any atom is 0.328 e. The number of halogens is 1. The fourth-order valence-electron chi connectivity index (χ4n) is 1.69. The van der Waals surface area contributed by atoms with E-state index < -0.39 is 11.2 Å². The zero-order valence-corrected chi connectivity index (χ0v) is 11.8. The minimum atomic E-state index is -0.584. The third-order valence-electron chi connectivity index (χ3n) is 2.66. The lowest BCUT2D eigenvalue weighted by Gasteiger charge is -2.08. The number of hydrogen-bond donors (Lipinski definition) is 2. The van der Waals surface area contributed by atoms with Crippen molar-refractivity contribution in [3.8, 4) is 0 Å². The molecule has 0 atom stereocenters. The summed E-state index contributed by atoms with van der Waals surface area (Å²) in [4.78, 5) is 29.4. The fraction of sp³-hybridized carbons (Fsp3) is 0.308. The third-order valence-corrected chi connectivity index (χ3v) is 2.93. The predicted molar refractivity (Wildman–Crippen MR) is 78.5 cm³/mol. The van der Waals surface area contributed by atoms with Crippen molar-refractivity contribution in [1.82, 2.24) is 14.5 Å². The van der Waals surface area contributed by atoms with E-state index in [-0.39, 0.29) is 11.6 Å². The first-order valence-corrected chi connectivity index (χ1v) is 6.67. The first-order chi connectivity index (χ1) is 9.60. The predicted octanol–water partition coefficient (Wildman–Crippen LogP) is 1.46. The molecule has 2 aromatic heterocycles. The van der Waals surface area contributed by atoms with Gasteiger partial charge >= 0.3 is 5.69 Å². The topological polar surface area (TPSA) is 79.8 Å². The second-order valence-corrected chi connectivity index (χ2v) is 4.71. The van der Waals surface area contributed by atoms with Crippen LogP contribution >= 0.6 is 11.6 Å². The smallest absolute Gasteiger partial charge is 0.328 e. The molecule has 0 bridgehead atoms. The van der Waals surface area contributed by atoms with E-state index in [9.17, 15) is 9.59 Å². The van der Waals surface area contributed by atoms with Crippen molar-refractivity contribution < 1.29 is 0 Å². The van der Waals surface area contributed by atoms with E-state index >= 15 is 0 Å². The largest absolute Gasteiger partial charge is 0.370 e. The van der Waals surface area contributed by atoms with E-state index in [0.717, 1.165) is 18.8 Å². The number of H-pyrrole nitrogens is 1. The molecule has 0 amide bonds. The van der Waals surface area contributed by atoms with Crippen LogP contribution in [0.3, 0.4) is 0 Å². The van der Waals surface area contributed by atoms with Gasteiger partial charge < -0.3 is 5.32 Å². The first kappa shape index (κ1) is 14.3. The molecule has 20 heavy (non-hydrogen) atoms. The Morgan fingerprint density at radius 3 is 2.95 bits per heavy atom. The van der Waals surface area contributed by atoms with Crippen molar-refractivity contribution in [2.45, 2.75) is 19.9 Å². The van der Waals surface area contributed by atoms with Crippen molar-refractivity contribution in [2.24, 2.45) is 0 Å². The van der Waals surface area contributed by atoms with Crippen LogP contribution in [0.4, 0.5) is 5.82 Å². The Bertz CT molecular complexity index is 708. The van der Waals surface area contributed by atoms with E-state index in [1.807, 2.05) is 18.2 Å². The van der Waals surface area contributed by atoms with Crippen molar-refractivity contribution >= 4 is 17.4 Å². The Kier molecular flexibility index (Phi) is 4.57. The van der Waals surface area contributed by atoms with Crippen LogP contribution in [0, 0.1) is 0 Å². The Labute approximate surface area is 120 Å². The average Bonchev–Trinajstić information content (AvgIpc) is 2.43. The molecule has 0 radical (unpaired) electrons. The summed E-state index contributed by atoms with van der Waals surface area (Å²) in [6.45, 7) is 3.15. The van der Waals surface area contributed by atoms with E-state index in [1.165, 1.54) is 10.8 Å². The molecule has 2 rings (SSSR count). The number of rotatable bonds is 5. The highest BCUT2D eigenvalue weighted by atomic mass is 35.5. The monoisotopic (exact) mass is 294 g/mol. The van der Waals surface area contributed by atoms with Gasteiger partial charge in [-0.25, -0.2) is 9.78 Å². The van der Waals surface area contributed by atoms with Gasteiger partial charge in [0.05, 0.1) is 12.2 Å². The Balaban J connectivity index is 2.24. The lowest BCUT2D eigenvalue weighted by Crippen LogP contribution is -2.30. The molecule has 2 heterocycles. The van der Waals surface area contributed by atoms with Gasteiger partial charge in [-0.3, -0.25) is 14.3 Å². The minimum absolute atomic E-state index is 0.0233. The number of hydrogen-bond acceptors (Lipinski definition) is 4. The molecule has 0 fully saturated rings. The van der Waals surface area contributed by atoms with Crippen LogP contribution in [-0.2, 0) is 6.54 Å². The Morgan fingerprint density at radius 2 is 2.20 bits per heavy atom. The second kappa shape index (κ2) is 6.38. The lowest BCUT2D eigenvalue weighted by atomic mass is 10.3. The molecule has 0 aliphatic carbocycles. The summed E-state index contributed by atoms with van der Waals surface area (Å²) < 4.78 is 1.32. The molecule has 0 aliphatic rings. The molecule has 0 aromatic carbocycles. The van der Waals surface area contributed by atoms with Gasteiger partial charge in [-0.05, 0) is 18.6 Å². The van der Waals surface area contributed by atoms with Gasteiger partial charge in [0.2, 0.25) is 0 Å². The van der Waals surface area contributed by atoms with Crippen LogP contribution in [-0.4, -0.2) is 21.1 Å². The summed E-state index contributed by atoms with van der Waals surface area (Å²) in [5.74, 6) is 0.757. The van der Waals surface area contributed by atoms with E-state index in [0.29, 0.717) is 5.69 Å². The highest BCUT2D eigenvalue weighted by Crippen LogP contribution is 2.06. The van der Waals surface area contributed by atoms with E-state index in [4.69, 9.17) is 11.6 Å². The number of anilines is 1. The number of aromatic nitrogens is 3. The van der Waals surface area contributed by atoms with Crippen LogP contribution in [0.15, 0.2) is 34.0 Å². The number of nitrogens with zero attached hydrogens (tertiary/aromatic N) is 2. The lowest BCUT2D eigenvalue weighted by molar-refractivity contribution is 0.705. The molecule has 0 aliphatic heterocycles. The van der Waals surface area contributed by atoms with Gasteiger partial charge in [0.1, 0.15) is 10.8 Å². The molecule has 0 unspecified atom stereocenters. The molecule has 2 aromatic rings. The standard InChI is InChI=1S/C13H15ClN4O2/c1-2-6-15-11-5-3-4-9(16-11)7-18-8-10(14)12(19)17-13(18)20/h3-5,8H,2,6-7H2,1H3,(H,15,16)(H,17,19,20). The van der Waals surface area contributed by atoms with Crippen LogP contribution in [0.1, 0.15) is 19.0 Å². The van der Waals surface area contributed by atoms with Crippen LogP contribution < -0.4 is 16.6 Å². The van der Waals surface area contributed by atoms with Crippen LogP contribution in [0.25, 0.3) is 0 Å². The zero-order chi connectivity index (χ0) is 14.5. The molecular weight excluding hydrogens is 280 g/mol. The van der Waals surface area contributed by atoms with Crippen LogP contribution in [0.2, 0.25) is 5.02 Å². The highest BCUT2D eigenvalue weighted by molar-refractivity contribution is 6.30. The van der Waals surface area contributed by atoms with Gasteiger partial charge in [-0.15, -0.1) is 0 Å².